The lowest BCUT2D eigenvalue weighted by Gasteiger charge is -2.19. The summed E-state index contributed by atoms with van der Waals surface area (Å²) in [7, 11) is -3.87. The molecule has 8 heteroatoms. The Balaban J connectivity index is 2.27. The van der Waals surface area contributed by atoms with E-state index in [1.54, 1.807) is 0 Å². The highest BCUT2D eigenvalue weighted by Crippen LogP contribution is 2.31. The van der Waals surface area contributed by atoms with Gasteiger partial charge in [0.05, 0.1) is 16.1 Å². The number of alkyl halides is 3. The van der Waals surface area contributed by atoms with Crippen molar-refractivity contribution in [2.24, 2.45) is 0 Å². The maximum Gasteiger partial charge on any atom is 0.416 e. The molecule has 1 atom stereocenters. The quantitative estimate of drug-likeness (QED) is 0.907. The van der Waals surface area contributed by atoms with Gasteiger partial charge < -0.3 is 5.11 Å². The van der Waals surface area contributed by atoms with Gasteiger partial charge in [0.15, 0.2) is 0 Å². The Morgan fingerprint density at radius 3 is 2.20 bits per heavy atom. The minimum atomic E-state index is -4.50. The van der Waals surface area contributed by atoms with E-state index in [2.05, 4.69) is 0 Å². The van der Waals surface area contributed by atoms with E-state index in [9.17, 15) is 26.7 Å². The number of hydrogen-bond donors (Lipinski definition) is 1. The molecule has 1 aliphatic heterocycles. The van der Waals surface area contributed by atoms with Gasteiger partial charge in [-0.15, -0.1) is 0 Å². The van der Waals surface area contributed by atoms with Gasteiger partial charge >= 0.3 is 6.18 Å². The Kier molecular flexibility index (Phi) is 3.60. The van der Waals surface area contributed by atoms with Crippen molar-refractivity contribution in [1.82, 2.24) is 4.31 Å². The third kappa shape index (κ3) is 2.97. The molecule has 0 aliphatic carbocycles. The molecule has 1 aliphatic rings. The zero-order chi connectivity index (χ0) is 15.2. The molecule has 0 bridgehead atoms. The van der Waals surface area contributed by atoms with Crippen molar-refractivity contribution in [2.45, 2.75) is 30.0 Å². The standard InChI is InChI=1S/C12H14F3NO3S/c1-11(17)6-7-16(8-11)20(18,19)10-4-2-9(3-5-10)12(13,14)15/h2-5,17H,6-8H2,1H3. The van der Waals surface area contributed by atoms with Crippen molar-refractivity contribution < 1.29 is 26.7 Å². The maximum absolute atomic E-state index is 12.4. The minimum Gasteiger partial charge on any atom is -0.389 e. The Morgan fingerprint density at radius 1 is 1.25 bits per heavy atom. The first-order valence-electron chi connectivity index (χ1n) is 5.92. The summed E-state index contributed by atoms with van der Waals surface area (Å²) in [6.45, 7) is 1.61. The first-order chi connectivity index (χ1) is 9.02. The maximum atomic E-state index is 12.4. The average molecular weight is 309 g/mol. The van der Waals surface area contributed by atoms with Gasteiger partial charge in [0.2, 0.25) is 10.0 Å². The Bertz CT molecular complexity index is 593. The van der Waals surface area contributed by atoms with Crippen molar-refractivity contribution >= 4 is 10.0 Å². The zero-order valence-corrected chi connectivity index (χ0v) is 11.5. The van der Waals surface area contributed by atoms with E-state index >= 15 is 0 Å². The predicted octanol–water partition coefficient (Wildman–Crippen LogP) is 1.85. The molecule has 1 saturated heterocycles. The van der Waals surface area contributed by atoms with Crippen LogP contribution in [0.5, 0.6) is 0 Å². The average Bonchev–Trinajstić information content (AvgIpc) is 2.69. The third-order valence-corrected chi connectivity index (χ3v) is 5.10. The van der Waals surface area contributed by atoms with E-state index in [-0.39, 0.29) is 18.0 Å². The molecule has 1 aromatic rings. The van der Waals surface area contributed by atoms with Gasteiger partial charge in [-0.25, -0.2) is 8.42 Å². The Morgan fingerprint density at radius 2 is 1.80 bits per heavy atom. The van der Waals surface area contributed by atoms with Gasteiger partial charge in [-0.3, -0.25) is 0 Å². The molecule has 0 aromatic heterocycles. The normalized spacial score (nSPS) is 25.1. The fourth-order valence-electron chi connectivity index (χ4n) is 2.07. The highest BCUT2D eigenvalue weighted by Gasteiger charge is 2.38. The summed E-state index contributed by atoms with van der Waals surface area (Å²) < 4.78 is 62.8. The summed E-state index contributed by atoms with van der Waals surface area (Å²) in [5.74, 6) is 0. The van der Waals surface area contributed by atoms with Crippen molar-refractivity contribution in [1.29, 1.82) is 0 Å². The van der Waals surface area contributed by atoms with Gasteiger partial charge in [0.25, 0.3) is 0 Å². The van der Waals surface area contributed by atoms with Crippen LogP contribution in [0.15, 0.2) is 29.2 Å². The number of aliphatic hydroxyl groups is 1. The molecule has 0 amide bonds. The Hall–Kier alpha value is -1.12. The fraction of sp³-hybridized carbons (Fsp3) is 0.500. The molecule has 20 heavy (non-hydrogen) atoms. The number of rotatable bonds is 2. The van der Waals surface area contributed by atoms with E-state index in [0.29, 0.717) is 6.42 Å². The number of hydrogen-bond acceptors (Lipinski definition) is 3. The van der Waals surface area contributed by atoms with Gasteiger partial charge in [-0.1, -0.05) is 0 Å². The van der Waals surface area contributed by atoms with Crippen molar-refractivity contribution in [3.63, 3.8) is 0 Å². The van der Waals surface area contributed by atoms with Crippen LogP contribution in [0.1, 0.15) is 18.9 Å². The van der Waals surface area contributed by atoms with Crippen LogP contribution in [0, 0.1) is 0 Å². The second kappa shape index (κ2) is 4.71. The van der Waals surface area contributed by atoms with Gasteiger partial charge in [0.1, 0.15) is 0 Å². The van der Waals surface area contributed by atoms with Crippen LogP contribution in [-0.4, -0.2) is 36.5 Å². The van der Waals surface area contributed by atoms with Crippen LogP contribution in [0.25, 0.3) is 0 Å². The molecule has 2 rings (SSSR count). The summed E-state index contributed by atoms with van der Waals surface area (Å²) in [6.07, 6.45) is -4.20. The summed E-state index contributed by atoms with van der Waals surface area (Å²) in [5.41, 5.74) is -2.00. The van der Waals surface area contributed by atoms with Gasteiger partial charge in [-0.05, 0) is 37.6 Å². The molecule has 0 saturated carbocycles. The highest BCUT2D eigenvalue weighted by molar-refractivity contribution is 7.89. The third-order valence-electron chi connectivity index (χ3n) is 3.24. The van der Waals surface area contributed by atoms with E-state index in [1.165, 1.54) is 6.92 Å². The summed E-state index contributed by atoms with van der Waals surface area (Å²) >= 11 is 0. The molecule has 4 nitrogen and oxygen atoms in total. The molecule has 1 aromatic carbocycles. The topological polar surface area (TPSA) is 57.6 Å². The number of benzene rings is 1. The fourth-order valence-corrected chi connectivity index (χ4v) is 3.63. The smallest absolute Gasteiger partial charge is 0.389 e. The van der Waals surface area contributed by atoms with Gasteiger partial charge in [-0.2, -0.15) is 17.5 Å². The molecule has 0 radical (unpaired) electrons. The minimum absolute atomic E-state index is 0.0592. The van der Waals surface area contributed by atoms with Crippen LogP contribution < -0.4 is 0 Å². The molecular formula is C12H14F3NO3S. The first kappa shape index (κ1) is 15.3. The second-order valence-electron chi connectivity index (χ2n) is 5.11. The van der Waals surface area contributed by atoms with Crippen molar-refractivity contribution in [2.75, 3.05) is 13.1 Å². The van der Waals surface area contributed by atoms with Crippen LogP contribution in [0.4, 0.5) is 13.2 Å². The van der Waals surface area contributed by atoms with Crippen LogP contribution >= 0.6 is 0 Å². The molecule has 0 spiro atoms. The number of nitrogens with zero attached hydrogens (tertiary/aromatic N) is 1. The van der Waals surface area contributed by atoms with Crippen LogP contribution in [-0.2, 0) is 16.2 Å². The van der Waals surface area contributed by atoms with Crippen molar-refractivity contribution in [3.05, 3.63) is 29.8 Å². The van der Waals surface area contributed by atoms with Crippen LogP contribution in [0.2, 0.25) is 0 Å². The molecule has 112 valence electrons. The van der Waals surface area contributed by atoms with E-state index < -0.39 is 27.4 Å². The first-order valence-corrected chi connectivity index (χ1v) is 7.36. The lowest BCUT2D eigenvalue weighted by Crippen LogP contribution is -2.33. The zero-order valence-electron chi connectivity index (χ0n) is 10.7. The largest absolute Gasteiger partial charge is 0.416 e. The summed E-state index contributed by atoms with van der Waals surface area (Å²) in [5, 5.41) is 9.77. The highest BCUT2D eigenvalue weighted by atomic mass is 32.2. The summed E-state index contributed by atoms with van der Waals surface area (Å²) in [4.78, 5) is -0.205. The van der Waals surface area contributed by atoms with E-state index in [0.717, 1.165) is 28.6 Å². The lowest BCUT2D eigenvalue weighted by atomic mass is 10.1. The molecular weight excluding hydrogens is 295 g/mol. The van der Waals surface area contributed by atoms with E-state index in [1.807, 2.05) is 0 Å². The van der Waals surface area contributed by atoms with Crippen molar-refractivity contribution in [3.8, 4) is 0 Å². The molecule has 1 N–H and O–H groups in total. The number of sulfonamides is 1. The number of β-amino-alcohol motifs (C(OH)–C–C–N with tert-alkyl or cyclic N) is 1. The van der Waals surface area contributed by atoms with Crippen LogP contribution in [0.3, 0.4) is 0 Å². The predicted molar refractivity (Wildman–Crippen MR) is 65.4 cm³/mol. The van der Waals surface area contributed by atoms with E-state index in [4.69, 9.17) is 0 Å². The molecule has 1 heterocycles. The Labute approximate surface area is 114 Å². The second-order valence-corrected chi connectivity index (χ2v) is 7.05. The SMILES string of the molecule is CC1(O)CCN(S(=O)(=O)c2ccc(C(F)(F)F)cc2)C1. The molecule has 1 unspecified atom stereocenters. The van der Waals surface area contributed by atoms with Gasteiger partial charge in [0, 0.05) is 13.1 Å². The monoisotopic (exact) mass is 309 g/mol. The molecule has 1 fully saturated rings. The summed E-state index contributed by atoms with van der Waals surface area (Å²) in [6, 6.07) is 3.35. The lowest BCUT2D eigenvalue weighted by molar-refractivity contribution is -0.137. The number of halogens is 3.